The van der Waals surface area contributed by atoms with E-state index in [4.69, 9.17) is 0 Å². The first-order chi connectivity index (χ1) is 15.1. The summed E-state index contributed by atoms with van der Waals surface area (Å²) in [6.07, 6.45) is 6.48. The lowest BCUT2D eigenvalue weighted by Crippen LogP contribution is -2.33. The lowest BCUT2D eigenvalue weighted by molar-refractivity contribution is 0.0949. The van der Waals surface area contributed by atoms with Gasteiger partial charge >= 0.3 is 0 Å². The maximum Gasteiger partial charge on any atom is 0.261 e. The van der Waals surface area contributed by atoms with Gasteiger partial charge in [-0.25, -0.2) is 0 Å². The van der Waals surface area contributed by atoms with Gasteiger partial charge in [-0.15, -0.1) is 0 Å². The number of anilines is 1. The summed E-state index contributed by atoms with van der Waals surface area (Å²) in [5, 5.41) is 2.85. The Hall–Kier alpha value is -3.34. The third-order valence-electron chi connectivity index (χ3n) is 6.16. The predicted octanol–water partition coefficient (Wildman–Crippen LogP) is 4.74. The lowest BCUT2D eigenvalue weighted by atomic mass is 9.94. The van der Waals surface area contributed by atoms with Gasteiger partial charge in [0.1, 0.15) is 5.56 Å². The molecule has 1 saturated carbocycles. The largest absolute Gasteiger partial charge is 0.372 e. The van der Waals surface area contributed by atoms with Crippen molar-refractivity contribution in [1.82, 2.24) is 10.3 Å². The van der Waals surface area contributed by atoms with E-state index in [1.54, 1.807) is 12.1 Å². The number of aromatic amines is 1. The molecule has 0 aliphatic heterocycles. The van der Waals surface area contributed by atoms with E-state index in [-0.39, 0.29) is 17.0 Å². The monoisotopic (exact) mass is 415 g/mol. The van der Waals surface area contributed by atoms with Gasteiger partial charge in [-0.3, -0.25) is 9.59 Å². The molecule has 31 heavy (non-hydrogen) atoms. The predicted molar refractivity (Wildman–Crippen MR) is 125 cm³/mol. The summed E-state index contributed by atoms with van der Waals surface area (Å²) in [4.78, 5) is 30.1. The number of benzene rings is 2. The number of carbonyl (C=O) groups excluding carboxylic acids is 1. The Morgan fingerprint density at radius 2 is 1.68 bits per heavy atom. The molecule has 0 spiro atoms. The van der Waals surface area contributed by atoms with Crippen LogP contribution in [-0.2, 0) is 6.54 Å². The maximum atomic E-state index is 12.5. The van der Waals surface area contributed by atoms with Crippen LogP contribution in [-0.4, -0.2) is 24.0 Å². The van der Waals surface area contributed by atoms with Gasteiger partial charge in [-0.1, -0.05) is 61.7 Å². The van der Waals surface area contributed by atoms with E-state index in [2.05, 4.69) is 34.4 Å². The number of nitrogens with one attached hydrogen (secondary N) is 2. The zero-order valence-electron chi connectivity index (χ0n) is 17.9. The Bertz CT molecular complexity index is 1070. The minimum Gasteiger partial charge on any atom is -0.372 e. The van der Waals surface area contributed by atoms with Crippen molar-refractivity contribution in [3.05, 3.63) is 88.2 Å². The molecule has 1 amide bonds. The molecule has 1 aliphatic carbocycles. The molecule has 0 radical (unpaired) electrons. The second-order valence-corrected chi connectivity index (χ2v) is 8.23. The SMILES string of the molecule is CN(c1ccc(CNC(=O)c2ccc(-c3ccccc3)[nH]c2=O)cc1)C1CCCCC1. The molecule has 2 aromatic carbocycles. The van der Waals surface area contributed by atoms with Crippen LogP contribution in [0.2, 0.25) is 0 Å². The molecule has 0 unspecified atom stereocenters. The van der Waals surface area contributed by atoms with Crippen molar-refractivity contribution in [2.45, 2.75) is 44.7 Å². The summed E-state index contributed by atoms with van der Waals surface area (Å²) < 4.78 is 0. The van der Waals surface area contributed by atoms with Crippen LogP contribution in [0.5, 0.6) is 0 Å². The number of rotatable bonds is 6. The first-order valence-corrected chi connectivity index (χ1v) is 11.0. The van der Waals surface area contributed by atoms with E-state index in [1.165, 1.54) is 37.8 Å². The number of nitrogens with zero attached hydrogens (tertiary/aromatic N) is 1. The molecule has 5 nitrogen and oxygen atoms in total. The topological polar surface area (TPSA) is 65.2 Å². The van der Waals surface area contributed by atoms with Gasteiger partial charge in [0.2, 0.25) is 0 Å². The third kappa shape index (κ3) is 5.05. The van der Waals surface area contributed by atoms with Gasteiger partial charge in [0.15, 0.2) is 0 Å². The van der Waals surface area contributed by atoms with Gasteiger partial charge in [-0.2, -0.15) is 0 Å². The Morgan fingerprint density at radius 3 is 2.35 bits per heavy atom. The molecule has 0 atom stereocenters. The first kappa shape index (κ1) is 20.9. The zero-order chi connectivity index (χ0) is 21.6. The third-order valence-corrected chi connectivity index (χ3v) is 6.16. The highest BCUT2D eigenvalue weighted by Gasteiger charge is 2.18. The van der Waals surface area contributed by atoms with Crippen LogP contribution in [0.4, 0.5) is 5.69 Å². The molecule has 1 fully saturated rings. The van der Waals surface area contributed by atoms with E-state index in [0.29, 0.717) is 18.3 Å². The fourth-order valence-corrected chi connectivity index (χ4v) is 4.24. The van der Waals surface area contributed by atoms with Crippen molar-refractivity contribution in [2.75, 3.05) is 11.9 Å². The molecular weight excluding hydrogens is 386 g/mol. The average molecular weight is 416 g/mol. The van der Waals surface area contributed by atoms with E-state index in [1.807, 2.05) is 42.5 Å². The van der Waals surface area contributed by atoms with E-state index in [0.717, 1.165) is 11.1 Å². The highest BCUT2D eigenvalue weighted by Crippen LogP contribution is 2.26. The normalized spacial score (nSPS) is 14.2. The van der Waals surface area contributed by atoms with Crippen LogP contribution in [0.1, 0.15) is 48.0 Å². The molecule has 1 heterocycles. The minimum absolute atomic E-state index is 0.119. The molecule has 160 valence electrons. The lowest BCUT2D eigenvalue weighted by Gasteiger charge is -2.33. The van der Waals surface area contributed by atoms with Crippen molar-refractivity contribution in [1.29, 1.82) is 0 Å². The quantitative estimate of drug-likeness (QED) is 0.611. The molecule has 0 bridgehead atoms. The fourth-order valence-electron chi connectivity index (χ4n) is 4.24. The number of aromatic nitrogens is 1. The standard InChI is InChI=1S/C26H29N3O2/c1-29(21-10-6-3-7-11-21)22-14-12-19(13-15-22)18-27-25(30)23-16-17-24(28-26(23)31)20-8-4-2-5-9-20/h2,4-5,8-9,12-17,21H,3,6-7,10-11,18H2,1H3,(H,27,30)(H,28,31). The zero-order valence-corrected chi connectivity index (χ0v) is 17.9. The summed E-state index contributed by atoms with van der Waals surface area (Å²) in [7, 11) is 2.16. The summed E-state index contributed by atoms with van der Waals surface area (Å²) in [5.74, 6) is -0.371. The Kier molecular flexibility index (Phi) is 6.51. The molecule has 5 heteroatoms. The van der Waals surface area contributed by atoms with Crippen molar-refractivity contribution in [3.8, 4) is 11.3 Å². The van der Waals surface area contributed by atoms with E-state index in [9.17, 15) is 9.59 Å². The molecule has 4 rings (SSSR count). The molecule has 0 saturated heterocycles. The maximum absolute atomic E-state index is 12.5. The molecule has 1 aromatic heterocycles. The first-order valence-electron chi connectivity index (χ1n) is 11.0. The molecule has 2 N–H and O–H groups in total. The number of hydrogen-bond acceptors (Lipinski definition) is 3. The second-order valence-electron chi connectivity index (χ2n) is 8.23. The molecule has 1 aliphatic rings. The molecular formula is C26H29N3O2. The van der Waals surface area contributed by atoms with Crippen LogP contribution in [0.3, 0.4) is 0 Å². The van der Waals surface area contributed by atoms with Gasteiger partial charge in [0.25, 0.3) is 11.5 Å². The average Bonchev–Trinajstić information content (AvgIpc) is 2.83. The number of amides is 1. The number of hydrogen-bond donors (Lipinski definition) is 2. The van der Waals surface area contributed by atoms with Gasteiger partial charge in [0.05, 0.1) is 0 Å². The van der Waals surface area contributed by atoms with Gasteiger partial charge in [0, 0.05) is 31.0 Å². The van der Waals surface area contributed by atoms with Crippen molar-refractivity contribution >= 4 is 11.6 Å². The van der Waals surface area contributed by atoms with Gasteiger partial charge < -0.3 is 15.2 Å². The highest BCUT2D eigenvalue weighted by molar-refractivity contribution is 5.94. The van der Waals surface area contributed by atoms with Gasteiger partial charge in [-0.05, 0) is 48.2 Å². The van der Waals surface area contributed by atoms with Crippen LogP contribution in [0.15, 0.2) is 71.5 Å². The number of pyridine rings is 1. The summed E-state index contributed by atoms with van der Waals surface area (Å²) >= 11 is 0. The fraction of sp³-hybridized carbons (Fsp3) is 0.308. The summed E-state index contributed by atoms with van der Waals surface area (Å²) in [5.41, 5.74) is 3.54. The second kappa shape index (κ2) is 9.65. The Labute approximate surface area is 183 Å². The van der Waals surface area contributed by atoms with Crippen LogP contribution in [0, 0.1) is 0 Å². The Morgan fingerprint density at radius 1 is 0.968 bits per heavy atom. The van der Waals surface area contributed by atoms with Crippen LogP contribution < -0.4 is 15.8 Å². The van der Waals surface area contributed by atoms with Crippen LogP contribution in [0.25, 0.3) is 11.3 Å². The number of carbonyl (C=O) groups is 1. The molecule has 3 aromatic rings. The van der Waals surface area contributed by atoms with Crippen molar-refractivity contribution < 1.29 is 4.79 Å². The van der Waals surface area contributed by atoms with Crippen LogP contribution >= 0.6 is 0 Å². The van der Waals surface area contributed by atoms with Crippen molar-refractivity contribution in [3.63, 3.8) is 0 Å². The summed E-state index contributed by atoms with van der Waals surface area (Å²) in [6.45, 7) is 0.381. The highest BCUT2D eigenvalue weighted by atomic mass is 16.2. The van der Waals surface area contributed by atoms with E-state index >= 15 is 0 Å². The Balaban J connectivity index is 1.37. The smallest absolute Gasteiger partial charge is 0.261 e. The number of H-pyrrole nitrogens is 1. The van der Waals surface area contributed by atoms with E-state index < -0.39 is 0 Å². The van der Waals surface area contributed by atoms with Crippen molar-refractivity contribution in [2.24, 2.45) is 0 Å². The minimum atomic E-state index is -0.386. The summed E-state index contributed by atoms with van der Waals surface area (Å²) in [6, 6.07) is 21.8.